The van der Waals surface area contributed by atoms with Crippen LogP contribution in [0.5, 0.6) is 0 Å². The summed E-state index contributed by atoms with van der Waals surface area (Å²) in [5, 5.41) is 0. The highest BCUT2D eigenvalue weighted by Gasteiger charge is 2.32. The van der Waals surface area contributed by atoms with Gasteiger partial charge in [-0.3, -0.25) is 9.78 Å². The van der Waals surface area contributed by atoms with Crippen LogP contribution >= 0.6 is 0 Å². The van der Waals surface area contributed by atoms with Gasteiger partial charge in [0.1, 0.15) is 6.10 Å². The highest BCUT2D eigenvalue weighted by Crippen LogP contribution is 2.24. The van der Waals surface area contributed by atoms with E-state index in [0.717, 1.165) is 17.8 Å². The number of aromatic nitrogens is 1. The summed E-state index contributed by atoms with van der Waals surface area (Å²) in [5.74, 6) is 0.0976. The number of pyridine rings is 1. The summed E-state index contributed by atoms with van der Waals surface area (Å²) in [7, 11) is 2.02. The van der Waals surface area contributed by atoms with Gasteiger partial charge in [-0.05, 0) is 31.2 Å². The minimum atomic E-state index is -0.317. The number of nitrogens with zero attached hydrogens (tertiary/aromatic N) is 3. The van der Waals surface area contributed by atoms with Crippen LogP contribution in [0.3, 0.4) is 0 Å². The van der Waals surface area contributed by atoms with Crippen LogP contribution < -0.4 is 0 Å². The molecule has 102 valence electrons. The van der Waals surface area contributed by atoms with E-state index in [-0.39, 0.29) is 12.0 Å². The fourth-order valence-electron chi connectivity index (χ4n) is 2.69. The minimum Gasteiger partial charge on any atom is -0.366 e. The molecule has 0 N–H and O–H groups in total. The van der Waals surface area contributed by atoms with E-state index >= 15 is 0 Å². The number of amides is 1. The Labute approximate surface area is 113 Å². The Bertz CT molecular complexity index is 503. The summed E-state index contributed by atoms with van der Waals surface area (Å²) >= 11 is 0. The van der Waals surface area contributed by atoms with Crippen molar-refractivity contribution in [3.05, 3.63) is 29.1 Å². The maximum atomic E-state index is 12.5. The largest absolute Gasteiger partial charge is 0.366 e. The Hall–Kier alpha value is -1.46. The van der Waals surface area contributed by atoms with Crippen LogP contribution in [0.25, 0.3) is 0 Å². The van der Waals surface area contributed by atoms with Crippen molar-refractivity contribution in [2.45, 2.75) is 26.1 Å². The molecule has 3 heterocycles. The molecular formula is C14H19N3O2. The highest BCUT2D eigenvalue weighted by molar-refractivity contribution is 5.82. The number of ether oxygens (including phenoxy) is 1. The lowest BCUT2D eigenvalue weighted by molar-refractivity contribution is -0.149. The van der Waals surface area contributed by atoms with E-state index in [9.17, 15) is 4.79 Å². The fraction of sp³-hybridized carbons (Fsp3) is 0.571. The molecule has 5 heteroatoms. The van der Waals surface area contributed by atoms with E-state index in [2.05, 4.69) is 16.0 Å². The van der Waals surface area contributed by atoms with E-state index in [4.69, 9.17) is 4.74 Å². The standard InChI is InChI=1S/C14H19N3O2/c1-10-5-11-7-17(8-12(11)6-15-10)14(18)13-9-16(2)3-4-19-13/h5-6,13H,3-4,7-9H2,1-2H3. The van der Waals surface area contributed by atoms with Crippen molar-refractivity contribution >= 4 is 5.91 Å². The Morgan fingerprint density at radius 2 is 2.21 bits per heavy atom. The molecule has 0 spiro atoms. The number of aryl methyl sites for hydroxylation is 1. The van der Waals surface area contributed by atoms with Gasteiger partial charge in [0.25, 0.3) is 5.91 Å². The molecule has 1 aromatic heterocycles. The van der Waals surface area contributed by atoms with E-state index in [0.29, 0.717) is 26.2 Å². The predicted octanol–water partition coefficient (Wildman–Crippen LogP) is 0.563. The number of likely N-dealkylation sites (N-methyl/N-ethyl adjacent to an activating group) is 1. The molecule has 1 aromatic rings. The molecule has 1 fully saturated rings. The molecule has 1 amide bonds. The van der Waals surface area contributed by atoms with Crippen LogP contribution in [0.15, 0.2) is 12.3 Å². The van der Waals surface area contributed by atoms with E-state index in [1.807, 2.05) is 25.1 Å². The molecule has 0 radical (unpaired) electrons. The maximum Gasteiger partial charge on any atom is 0.253 e. The van der Waals surface area contributed by atoms with Crippen LogP contribution in [0.2, 0.25) is 0 Å². The molecule has 2 aliphatic heterocycles. The van der Waals surface area contributed by atoms with Crippen molar-refractivity contribution in [1.82, 2.24) is 14.8 Å². The van der Waals surface area contributed by atoms with Crippen molar-refractivity contribution < 1.29 is 9.53 Å². The van der Waals surface area contributed by atoms with Gasteiger partial charge >= 0.3 is 0 Å². The topological polar surface area (TPSA) is 45.7 Å². The van der Waals surface area contributed by atoms with Crippen molar-refractivity contribution in [2.24, 2.45) is 0 Å². The van der Waals surface area contributed by atoms with Crippen LogP contribution in [-0.2, 0) is 22.6 Å². The number of morpholine rings is 1. The molecular weight excluding hydrogens is 242 g/mol. The van der Waals surface area contributed by atoms with Crippen LogP contribution in [0, 0.1) is 6.92 Å². The third kappa shape index (κ3) is 2.48. The summed E-state index contributed by atoms with van der Waals surface area (Å²) < 4.78 is 5.60. The monoisotopic (exact) mass is 261 g/mol. The first kappa shape index (κ1) is 12.6. The first-order valence-corrected chi connectivity index (χ1v) is 6.67. The molecule has 19 heavy (non-hydrogen) atoms. The van der Waals surface area contributed by atoms with Gasteiger partial charge in [-0.15, -0.1) is 0 Å². The minimum absolute atomic E-state index is 0.0976. The Morgan fingerprint density at radius 1 is 1.42 bits per heavy atom. The lowest BCUT2D eigenvalue weighted by Gasteiger charge is -2.31. The highest BCUT2D eigenvalue weighted by atomic mass is 16.5. The molecule has 0 saturated carbocycles. The van der Waals surface area contributed by atoms with Gasteiger partial charge in [0.2, 0.25) is 0 Å². The maximum absolute atomic E-state index is 12.5. The quantitative estimate of drug-likeness (QED) is 0.741. The SMILES string of the molecule is Cc1cc2c(cn1)CN(C(=O)C1CN(C)CCO1)C2. The van der Waals surface area contributed by atoms with Crippen LogP contribution in [-0.4, -0.2) is 53.5 Å². The molecule has 0 bridgehead atoms. The second-order valence-corrected chi connectivity index (χ2v) is 5.41. The van der Waals surface area contributed by atoms with Crippen molar-refractivity contribution in [3.63, 3.8) is 0 Å². The van der Waals surface area contributed by atoms with Crippen molar-refractivity contribution in [1.29, 1.82) is 0 Å². The average Bonchev–Trinajstić information content (AvgIpc) is 2.80. The van der Waals surface area contributed by atoms with Gasteiger partial charge < -0.3 is 14.5 Å². The Morgan fingerprint density at radius 3 is 3.00 bits per heavy atom. The zero-order valence-electron chi connectivity index (χ0n) is 11.4. The van der Waals surface area contributed by atoms with Crippen molar-refractivity contribution in [3.8, 4) is 0 Å². The molecule has 5 nitrogen and oxygen atoms in total. The summed E-state index contributed by atoms with van der Waals surface area (Å²) in [6.07, 6.45) is 1.56. The zero-order valence-corrected chi connectivity index (χ0v) is 11.4. The lowest BCUT2D eigenvalue weighted by atomic mass is 10.2. The second kappa shape index (κ2) is 4.90. The molecule has 1 unspecified atom stereocenters. The number of hydrogen-bond donors (Lipinski definition) is 0. The van der Waals surface area contributed by atoms with Crippen LogP contribution in [0.1, 0.15) is 16.8 Å². The Balaban J connectivity index is 1.70. The molecule has 1 saturated heterocycles. The van der Waals surface area contributed by atoms with Gasteiger partial charge in [0.15, 0.2) is 0 Å². The molecule has 3 rings (SSSR count). The summed E-state index contributed by atoms with van der Waals surface area (Å²) in [5.41, 5.74) is 3.37. The number of hydrogen-bond acceptors (Lipinski definition) is 4. The van der Waals surface area contributed by atoms with Crippen LogP contribution in [0.4, 0.5) is 0 Å². The second-order valence-electron chi connectivity index (χ2n) is 5.41. The third-order valence-corrected chi connectivity index (χ3v) is 3.80. The zero-order chi connectivity index (χ0) is 13.4. The van der Waals surface area contributed by atoms with E-state index < -0.39 is 0 Å². The van der Waals surface area contributed by atoms with Gasteiger partial charge in [-0.2, -0.15) is 0 Å². The van der Waals surface area contributed by atoms with Gasteiger partial charge in [-0.25, -0.2) is 0 Å². The summed E-state index contributed by atoms with van der Waals surface area (Å²) in [4.78, 5) is 20.8. The average molecular weight is 261 g/mol. The van der Waals surface area contributed by atoms with Gasteiger partial charge in [0, 0.05) is 38.1 Å². The first-order valence-electron chi connectivity index (χ1n) is 6.67. The third-order valence-electron chi connectivity index (χ3n) is 3.80. The van der Waals surface area contributed by atoms with Gasteiger partial charge in [0.05, 0.1) is 6.61 Å². The first-order chi connectivity index (χ1) is 9.13. The predicted molar refractivity (Wildman–Crippen MR) is 70.5 cm³/mol. The number of carbonyl (C=O) groups is 1. The molecule has 2 aliphatic rings. The number of fused-ring (bicyclic) bond motifs is 1. The molecule has 0 aromatic carbocycles. The smallest absolute Gasteiger partial charge is 0.253 e. The number of rotatable bonds is 1. The molecule has 1 atom stereocenters. The van der Waals surface area contributed by atoms with Gasteiger partial charge in [-0.1, -0.05) is 0 Å². The summed E-state index contributed by atoms with van der Waals surface area (Å²) in [6, 6.07) is 2.07. The normalized spacial score (nSPS) is 23.5. The summed E-state index contributed by atoms with van der Waals surface area (Å²) in [6.45, 7) is 5.53. The number of carbonyl (C=O) groups excluding carboxylic acids is 1. The van der Waals surface area contributed by atoms with E-state index in [1.54, 1.807) is 0 Å². The lowest BCUT2D eigenvalue weighted by Crippen LogP contribution is -2.48. The van der Waals surface area contributed by atoms with Crippen molar-refractivity contribution in [2.75, 3.05) is 26.7 Å². The van der Waals surface area contributed by atoms with E-state index in [1.165, 1.54) is 5.56 Å². The molecule has 0 aliphatic carbocycles. The Kier molecular flexibility index (Phi) is 3.24. The fourth-order valence-corrected chi connectivity index (χ4v) is 2.69.